The minimum Gasteiger partial charge on any atom is -0.384 e. The Bertz CT molecular complexity index is 624. The molecule has 19 heavy (non-hydrogen) atoms. The molecule has 1 atom stereocenters. The monoisotopic (exact) mass is 259 g/mol. The smallest absolute Gasteiger partial charge is 0.168 e. The lowest BCUT2D eigenvalue weighted by Crippen LogP contribution is -2.29. The van der Waals surface area contributed by atoms with Crippen LogP contribution in [0.4, 0.5) is 5.82 Å². The fraction of sp³-hybridized carbons (Fsp3) is 0.417. The SMILES string of the molecule is N=C(N)c1cnn2c(N)cc(C3CCCNC3)nc12. The zero-order valence-corrected chi connectivity index (χ0v) is 10.6. The van der Waals surface area contributed by atoms with Crippen LogP contribution in [0.3, 0.4) is 0 Å². The first kappa shape index (κ1) is 11.9. The first-order valence-electron chi connectivity index (χ1n) is 6.36. The lowest BCUT2D eigenvalue weighted by molar-refractivity contribution is 0.455. The summed E-state index contributed by atoms with van der Waals surface area (Å²) >= 11 is 0. The fourth-order valence-corrected chi connectivity index (χ4v) is 2.51. The quantitative estimate of drug-likeness (QED) is 0.449. The summed E-state index contributed by atoms with van der Waals surface area (Å²) < 4.78 is 1.52. The molecule has 0 amide bonds. The van der Waals surface area contributed by atoms with Gasteiger partial charge in [0.15, 0.2) is 5.65 Å². The summed E-state index contributed by atoms with van der Waals surface area (Å²) in [6.07, 6.45) is 3.76. The number of anilines is 1. The van der Waals surface area contributed by atoms with Crippen molar-refractivity contribution in [3.63, 3.8) is 0 Å². The molecule has 2 aromatic heterocycles. The van der Waals surface area contributed by atoms with Gasteiger partial charge in [-0.05, 0) is 19.4 Å². The van der Waals surface area contributed by atoms with Gasteiger partial charge in [0.05, 0.1) is 17.5 Å². The van der Waals surface area contributed by atoms with Gasteiger partial charge in [0.2, 0.25) is 0 Å². The van der Waals surface area contributed by atoms with Crippen LogP contribution in [0.5, 0.6) is 0 Å². The predicted molar refractivity (Wildman–Crippen MR) is 73.3 cm³/mol. The number of nitrogens with one attached hydrogen (secondary N) is 2. The minimum atomic E-state index is -0.0409. The Labute approximate surface area is 110 Å². The molecular weight excluding hydrogens is 242 g/mol. The molecule has 0 aliphatic carbocycles. The number of hydrogen-bond donors (Lipinski definition) is 4. The van der Waals surface area contributed by atoms with Crippen molar-refractivity contribution in [2.24, 2.45) is 5.73 Å². The van der Waals surface area contributed by atoms with Crippen molar-refractivity contribution in [2.45, 2.75) is 18.8 Å². The lowest BCUT2D eigenvalue weighted by Gasteiger charge is -2.22. The highest BCUT2D eigenvalue weighted by Crippen LogP contribution is 2.24. The van der Waals surface area contributed by atoms with Gasteiger partial charge < -0.3 is 16.8 Å². The Kier molecular flexibility index (Phi) is 2.83. The number of aromatic nitrogens is 3. The number of amidine groups is 1. The number of rotatable bonds is 2. The summed E-state index contributed by atoms with van der Waals surface area (Å²) in [5.74, 6) is 0.842. The van der Waals surface area contributed by atoms with Crippen molar-refractivity contribution in [3.8, 4) is 0 Å². The molecule has 3 heterocycles. The molecular formula is C12H17N7. The van der Waals surface area contributed by atoms with E-state index in [1.165, 1.54) is 10.7 Å². The van der Waals surface area contributed by atoms with Crippen LogP contribution < -0.4 is 16.8 Å². The molecule has 6 N–H and O–H groups in total. The van der Waals surface area contributed by atoms with Gasteiger partial charge in [-0.25, -0.2) is 4.98 Å². The molecule has 3 rings (SSSR count). The maximum absolute atomic E-state index is 7.55. The normalized spacial score (nSPS) is 19.7. The highest BCUT2D eigenvalue weighted by Gasteiger charge is 2.19. The molecule has 7 heteroatoms. The van der Waals surface area contributed by atoms with Crippen molar-refractivity contribution < 1.29 is 0 Å². The van der Waals surface area contributed by atoms with E-state index in [4.69, 9.17) is 16.9 Å². The molecule has 7 nitrogen and oxygen atoms in total. The minimum absolute atomic E-state index is 0.0409. The number of hydrogen-bond acceptors (Lipinski definition) is 5. The average molecular weight is 259 g/mol. The van der Waals surface area contributed by atoms with E-state index in [9.17, 15) is 0 Å². The Morgan fingerprint density at radius 3 is 3.05 bits per heavy atom. The molecule has 0 bridgehead atoms. The van der Waals surface area contributed by atoms with E-state index in [0.29, 0.717) is 22.9 Å². The van der Waals surface area contributed by atoms with E-state index in [2.05, 4.69) is 15.4 Å². The van der Waals surface area contributed by atoms with Crippen LogP contribution in [0.1, 0.15) is 30.0 Å². The van der Waals surface area contributed by atoms with Crippen molar-refractivity contribution >= 4 is 17.3 Å². The number of nitrogens with zero attached hydrogens (tertiary/aromatic N) is 3. The summed E-state index contributed by atoms with van der Waals surface area (Å²) in [5, 5.41) is 15.0. The number of fused-ring (bicyclic) bond motifs is 1. The van der Waals surface area contributed by atoms with Gasteiger partial charge >= 0.3 is 0 Å². The lowest BCUT2D eigenvalue weighted by atomic mass is 9.96. The van der Waals surface area contributed by atoms with E-state index in [1.807, 2.05) is 6.07 Å². The second kappa shape index (κ2) is 4.51. The highest BCUT2D eigenvalue weighted by atomic mass is 15.3. The van der Waals surface area contributed by atoms with Crippen molar-refractivity contribution in [3.05, 3.63) is 23.5 Å². The van der Waals surface area contributed by atoms with Crippen LogP contribution in [0, 0.1) is 5.41 Å². The maximum Gasteiger partial charge on any atom is 0.168 e. The third-order valence-corrected chi connectivity index (χ3v) is 3.52. The van der Waals surface area contributed by atoms with E-state index in [0.717, 1.165) is 31.6 Å². The number of nitrogens with two attached hydrogens (primary N) is 2. The standard InChI is InChI=1S/C12H17N7/c13-10-4-9(7-2-1-3-16-5-7)18-12-8(11(14)15)6-17-19(10)12/h4,6-7,16H,1-3,5,13H2,(H3,14,15). The summed E-state index contributed by atoms with van der Waals surface area (Å²) in [5.41, 5.74) is 13.6. The van der Waals surface area contributed by atoms with Crippen LogP contribution in [0.25, 0.3) is 5.65 Å². The number of piperidine rings is 1. The van der Waals surface area contributed by atoms with Gasteiger partial charge in [-0.1, -0.05) is 0 Å². The fourth-order valence-electron chi connectivity index (χ4n) is 2.51. The predicted octanol–water partition coefficient (Wildman–Crippen LogP) is 0.0626. The molecule has 1 fully saturated rings. The van der Waals surface area contributed by atoms with Crippen molar-refractivity contribution in [1.29, 1.82) is 5.41 Å². The van der Waals surface area contributed by atoms with Gasteiger partial charge in [-0.3, -0.25) is 5.41 Å². The maximum atomic E-state index is 7.55. The van der Waals surface area contributed by atoms with E-state index in [-0.39, 0.29) is 5.84 Å². The Balaban J connectivity index is 2.10. The van der Waals surface area contributed by atoms with Crippen molar-refractivity contribution in [1.82, 2.24) is 19.9 Å². The molecule has 0 spiro atoms. The Hall–Kier alpha value is -2.15. The van der Waals surface area contributed by atoms with Crippen LogP contribution in [-0.2, 0) is 0 Å². The largest absolute Gasteiger partial charge is 0.384 e. The molecule has 100 valence electrons. The van der Waals surface area contributed by atoms with Gasteiger partial charge in [-0.2, -0.15) is 9.61 Å². The Morgan fingerprint density at radius 2 is 2.37 bits per heavy atom. The third-order valence-electron chi connectivity index (χ3n) is 3.52. The summed E-state index contributed by atoms with van der Waals surface area (Å²) in [6, 6.07) is 1.86. The molecule has 1 saturated heterocycles. The van der Waals surface area contributed by atoms with E-state index in [1.54, 1.807) is 0 Å². The first-order valence-corrected chi connectivity index (χ1v) is 6.36. The molecule has 2 aromatic rings. The summed E-state index contributed by atoms with van der Waals surface area (Å²) in [4.78, 5) is 4.60. The summed E-state index contributed by atoms with van der Waals surface area (Å²) in [6.45, 7) is 1.96. The zero-order valence-electron chi connectivity index (χ0n) is 10.6. The highest BCUT2D eigenvalue weighted by molar-refractivity contribution is 6.00. The topological polar surface area (TPSA) is 118 Å². The second-order valence-electron chi connectivity index (χ2n) is 4.86. The van der Waals surface area contributed by atoms with Gasteiger partial charge in [0.1, 0.15) is 11.7 Å². The summed E-state index contributed by atoms with van der Waals surface area (Å²) in [7, 11) is 0. The average Bonchev–Trinajstić information content (AvgIpc) is 2.84. The molecule has 1 aliphatic heterocycles. The molecule has 1 aliphatic rings. The number of nitrogen functional groups attached to an aromatic ring is 2. The van der Waals surface area contributed by atoms with Crippen molar-refractivity contribution in [2.75, 3.05) is 18.8 Å². The third kappa shape index (κ3) is 2.01. The molecule has 0 saturated carbocycles. The van der Waals surface area contributed by atoms with Crippen LogP contribution >= 0.6 is 0 Å². The van der Waals surface area contributed by atoms with Gasteiger partial charge in [-0.15, -0.1) is 0 Å². The van der Waals surface area contributed by atoms with E-state index >= 15 is 0 Å². The van der Waals surface area contributed by atoms with Gasteiger partial charge in [0, 0.05) is 18.5 Å². The van der Waals surface area contributed by atoms with Gasteiger partial charge in [0.25, 0.3) is 0 Å². The van der Waals surface area contributed by atoms with Crippen LogP contribution in [0.2, 0.25) is 0 Å². The van der Waals surface area contributed by atoms with E-state index < -0.39 is 0 Å². The second-order valence-corrected chi connectivity index (χ2v) is 4.86. The first-order chi connectivity index (χ1) is 9.16. The zero-order chi connectivity index (χ0) is 13.4. The molecule has 1 unspecified atom stereocenters. The molecule has 0 radical (unpaired) electrons. The van der Waals surface area contributed by atoms with Crippen LogP contribution in [0.15, 0.2) is 12.3 Å². The Morgan fingerprint density at radius 1 is 1.53 bits per heavy atom. The van der Waals surface area contributed by atoms with Crippen LogP contribution in [-0.4, -0.2) is 33.5 Å². The molecule has 0 aromatic carbocycles.